The molecule has 0 bridgehead atoms. The number of para-hydroxylation sites is 3. The summed E-state index contributed by atoms with van der Waals surface area (Å²) in [5.74, 6) is 1.83. The van der Waals surface area contributed by atoms with E-state index in [9.17, 15) is 4.79 Å². The van der Waals surface area contributed by atoms with Gasteiger partial charge in [-0.05, 0) is 61.4 Å². The number of hydrogen-bond donors (Lipinski definition) is 1. The fourth-order valence-electron chi connectivity index (χ4n) is 2.97. The first kappa shape index (κ1) is 21.7. The van der Waals surface area contributed by atoms with Gasteiger partial charge in [0.2, 0.25) is 0 Å². The minimum absolute atomic E-state index is 0.0885. The largest absolute Gasteiger partial charge is 0.490 e. The Morgan fingerprint density at radius 1 is 0.867 bits per heavy atom. The highest BCUT2D eigenvalue weighted by Gasteiger charge is 2.11. The molecule has 0 aromatic heterocycles. The van der Waals surface area contributed by atoms with Gasteiger partial charge in [-0.15, -0.1) is 0 Å². The van der Waals surface area contributed by atoms with Gasteiger partial charge >= 0.3 is 0 Å². The molecule has 1 N–H and O–H groups in total. The summed E-state index contributed by atoms with van der Waals surface area (Å²) in [7, 11) is 0. The maximum Gasteiger partial charge on any atom is 0.262 e. The first-order valence-electron chi connectivity index (χ1n) is 9.62. The number of aryl methyl sites for hydroxylation is 2. The number of anilines is 1. The lowest BCUT2D eigenvalue weighted by Crippen LogP contribution is -2.21. The van der Waals surface area contributed by atoms with Crippen molar-refractivity contribution in [1.82, 2.24) is 0 Å². The van der Waals surface area contributed by atoms with Crippen LogP contribution in [0.5, 0.6) is 17.2 Å². The van der Waals surface area contributed by atoms with Gasteiger partial charge in [0.25, 0.3) is 5.91 Å². The van der Waals surface area contributed by atoms with Crippen LogP contribution in [0.2, 0.25) is 0 Å². The third kappa shape index (κ3) is 6.26. The van der Waals surface area contributed by atoms with E-state index >= 15 is 0 Å². The zero-order valence-corrected chi connectivity index (χ0v) is 18.6. The molecule has 0 saturated heterocycles. The third-order valence-electron chi connectivity index (χ3n) is 4.29. The molecule has 0 aliphatic heterocycles. The van der Waals surface area contributed by atoms with Crippen molar-refractivity contribution in [2.75, 3.05) is 25.1 Å². The number of amides is 1. The summed E-state index contributed by atoms with van der Waals surface area (Å²) in [6.07, 6.45) is 0. The Bertz CT molecular complexity index is 969. The number of carbonyl (C=O) groups is 1. The van der Waals surface area contributed by atoms with Gasteiger partial charge in [0.15, 0.2) is 6.61 Å². The summed E-state index contributed by atoms with van der Waals surface area (Å²) < 4.78 is 18.2. The highest BCUT2D eigenvalue weighted by Crippen LogP contribution is 2.28. The predicted octanol–water partition coefficient (Wildman–Crippen LogP) is 5.54. The molecule has 1 amide bonds. The molecular formula is C24H24BrNO4. The Balaban J connectivity index is 1.52. The number of ether oxygens (including phenoxy) is 3. The normalized spacial score (nSPS) is 10.4. The van der Waals surface area contributed by atoms with E-state index in [1.165, 1.54) is 0 Å². The summed E-state index contributed by atoms with van der Waals surface area (Å²) >= 11 is 3.46. The second-order valence-corrected chi connectivity index (χ2v) is 7.63. The summed E-state index contributed by atoms with van der Waals surface area (Å²) in [5.41, 5.74) is 2.53. The van der Waals surface area contributed by atoms with E-state index in [1.54, 1.807) is 6.07 Å². The molecule has 156 valence electrons. The van der Waals surface area contributed by atoms with Gasteiger partial charge in [0.1, 0.15) is 30.5 Å². The van der Waals surface area contributed by atoms with Gasteiger partial charge in [0, 0.05) is 4.47 Å². The molecule has 3 rings (SSSR count). The Kier molecular flexibility index (Phi) is 7.74. The SMILES string of the molecule is Cc1cc(Br)cc(C)c1OCC(=O)Nc1ccccc1OCCOc1ccccc1. The van der Waals surface area contributed by atoms with E-state index in [0.29, 0.717) is 24.7 Å². The summed E-state index contributed by atoms with van der Waals surface area (Å²) in [4.78, 5) is 12.4. The maximum absolute atomic E-state index is 12.4. The lowest BCUT2D eigenvalue weighted by Gasteiger charge is -2.15. The van der Waals surface area contributed by atoms with Crippen LogP contribution in [-0.4, -0.2) is 25.7 Å². The molecule has 0 unspecified atom stereocenters. The fourth-order valence-corrected chi connectivity index (χ4v) is 3.66. The average molecular weight is 470 g/mol. The van der Waals surface area contributed by atoms with Crippen molar-refractivity contribution >= 4 is 27.5 Å². The van der Waals surface area contributed by atoms with Crippen LogP contribution < -0.4 is 19.5 Å². The Morgan fingerprint density at radius 2 is 1.50 bits per heavy atom. The van der Waals surface area contributed by atoms with Gasteiger partial charge < -0.3 is 19.5 Å². The van der Waals surface area contributed by atoms with Gasteiger partial charge in [-0.3, -0.25) is 4.79 Å². The topological polar surface area (TPSA) is 56.8 Å². The zero-order valence-electron chi connectivity index (χ0n) is 17.0. The fraction of sp³-hybridized carbons (Fsp3) is 0.208. The van der Waals surface area contributed by atoms with Crippen LogP contribution in [0.3, 0.4) is 0 Å². The van der Waals surface area contributed by atoms with Crippen LogP contribution in [0.25, 0.3) is 0 Å². The van der Waals surface area contributed by atoms with Gasteiger partial charge in [0.05, 0.1) is 5.69 Å². The van der Waals surface area contributed by atoms with Crippen molar-refractivity contribution in [1.29, 1.82) is 0 Å². The first-order chi connectivity index (χ1) is 14.5. The molecule has 0 spiro atoms. The molecule has 0 fully saturated rings. The van der Waals surface area contributed by atoms with E-state index in [-0.39, 0.29) is 12.5 Å². The molecule has 0 aliphatic carbocycles. The maximum atomic E-state index is 12.4. The van der Waals surface area contributed by atoms with Crippen molar-refractivity contribution in [2.24, 2.45) is 0 Å². The summed E-state index contributed by atoms with van der Waals surface area (Å²) in [6, 6.07) is 20.8. The van der Waals surface area contributed by atoms with E-state index in [2.05, 4.69) is 21.2 Å². The predicted molar refractivity (Wildman–Crippen MR) is 122 cm³/mol. The standard InChI is InChI=1S/C24H24BrNO4/c1-17-14-19(25)15-18(2)24(17)30-16-23(27)26-21-10-6-7-11-22(21)29-13-12-28-20-8-4-3-5-9-20/h3-11,14-15H,12-13,16H2,1-2H3,(H,26,27). The third-order valence-corrected chi connectivity index (χ3v) is 4.74. The Morgan fingerprint density at radius 3 is 2.23 bits per heavy atom. The van der Waals surface area contributed by atoms with Crippen LogP contribution in [0.15, 0.2) is 71.2 Å². The molecular weight excluding hydrogens is 446 g/mol. The molecule has 6 heteroatoms. The molecule has 0 radical (unpaired) electrons. The number of hydrogen-bond acceptors (Lipinski definition) is 4. The zero-order chi connectivity index (χ0) is 21.3. The van der Waals surface area contributed by atoms with E-state index in [4.69, 9.17) is 14.2 Å². The number of nitrogens with one attached hydrogen (secondary N) is 1. The van der Waals surface area contributed by atoms with E-state index < -0.39 is 0 Å². The molecule has 3 aromatic carbocycles. The number of rotatable bonds is 9. The summed E-state index contributed by atoms with van der Waals surface area (Å²) in [5, 5.41) is 2.85. The highest BCUT2D eigenvalue weighted by atomic mass is 79.9. The molecule has 3 aromatic rings. The number of carbonyl (C=O) groups excluding carboxylic acids is 1. The van der Waals surface area contributed by atoms with E-state index in [0.717, 1.165) is 27.1 Å². The smallest absolute Gasteiger partial charge is 0.262 e. The van der Waals surface area contributed by atoms with Gasteiger partial charge in [-0.25, -0.2) is 0 Å². The van der Waals surface area contributed by atoms with Crippen LogP contribution in [0.4, 0.5) is 5.69 Å². The van der Waals surface area contributed by atoms with Crippen LogP contribution in [-0.2, 0) is 4.79 Å². The molecule has 5 nitrogen and oxygen atoms in total. The Labute approximate surface area is 185 Å². The second-order valence-electron chi connectivity index (χ2n) is 6.71. The molecule has 0 heterocycles. The average Bonchev–Trinajstić information content (AvgIpc) is 2.72. The minimum atomic E-state index is -0.256. The number of benzene rings is 3. The monoisotopic (exact) mass is 469 g/mol. The lowest BCUT2D eigenvalue weighted by molar-refractivity contribution is -0.118. The second kappa shape index (κ2) is 10.7. The van der Waals surface area contributed by atoms with Crippen molar-refractivity contribution in [3.63, 3.8) is 0 Å². The van der Waals surface area contributed by atoms with Crippen LogP contribution in [0.1, 0.15) is 11.1 Å². The van der Waals surface area contributed by atoms with Crippen molar-refractivity contribution < 1.29 is 19.0 Å². The van der Waals surface area contributed by atoms with Gasteiger partial charge in [-0.1, -0.05) is 46.3 Å². The Hall–Kier alpha value is -2.99. The molecule has 0 aliphatic rings. The highest BCUT2D eigenvalue weighted by molar-refractivity contribution is 9.10. The van der Waals surface area contributed by atoms with Crippen molar-refractivity contribution in [3.8, 4) is 17.2 Å². The first-order valence-corrected chi connectivity index (χ1v) is 10.4. The lowest BCUT2D eigenvalue weighted by atomic mass is 10.1. The minimum Gasteiger partial charge on any atom is -0.490 e. The van der Waals surface area contributed by atoms with Crippen molar-refractivity contribution in [3.05, 3.63) is 82.3 Å². The van der Waals surface area contributed by atoms with Crippen LogP contribution in [0, 0.1) is 13.8 Å². The molecule has 0 saturated carbocycles. The molecule has 30 heavy (non-hydrogen) atoms. The van der Waals surface area contributed by atoms with Crippen molar-refractivity contribution in [2.45, 2.75) is 13.8 Å². The molecule has 0 atom stereocenters. The van der Waals surface area contributed by atoms with Gasteiger partial charge in [-0.2, -0.15) is 0 Å². The van der Waals surface area contributed by atoms with E-state index in [1.807, 2.05) is 74.5 Å². The summed E-state index contributed by atoms with van der Waals surface area (Å²) in [6.45, 7) is 4.57. The number of halogens is 1. The quantitative estimate of drug-likeness (QED) is 0.417. The van der Waals surface area contributed by atoms with Crippen LogP contribution >= 0.6 is 15.9 Å².